The van der Waals surface area contributed by atoms with Crippen molar-refractivity contribution in [3.05, 3.63) is 35.6 Å². The molecular formula is C11H11F. The molecule has 0 aromatic heterocycles. The second-order valence-electron chi connectivity index (χ2n) is 2.68. The van der Waals surface area contributed by atoms with Crippen LogP contribution in [0.2, 0.25) is 0 Å². The Bertz CT molecular complexity index is 279. The molecule has 0 fully saturated rings. The van der Waals surface area contributed by atoms with Crippen LogP contribution in [-0.4, -0.2) is 0 Å². The van der Waals surface area contributed by atoms with Crippen molar-refractivity contribution in [1.29, 1.82) is 0 Å². The topological polar surface area (TPSA) is 0 Å². The van der Waals surface area contributed by atoms with Gasteiger partial charge in [-0.3, -0.25) is 0 Å². The molecule has 0 nitrogen and oxygen atoms in total. The van der Waals surface area contributed by atoms with Gasteiger partial charge in [0.2, 0.25) is 0 Å². The zero-order chi connectivity index (χ0) is 8.97. The van der Waals surface area contributed by atoms with Crippen molar-refractivity contribution in [2.24, 2.45) is 0 Å². The molecule has 0 bridgehead atoms. The SMILES string of the molecule is C#CC(CC)c1ccc(F)cc1. The molecule has 0 aliphatic carbocycles. The summed E-state index contributed by atoms with van der Waals surface area (Å²) in [5, 5.41) is 0. The van der Waals surface area contributed by atoms with E-state index < -0.39 is 0 Å². The largest absolute Gasteiger partial charge is 0.207 e. The highest BCUT2D eigenvalue weighted by molar-refractivity contribution is 5.26. The Hall–Kier alpha value is -1.29. The fourth-order valence-electron chi connectivity index (χ4n) is 1.14. The first kappa shape index (κ1) is 8.80. The number of halogens is 1. The van der Waals surface area contributed by atoms with Gasteiger partial charge >= 0.3 is 0 Å². The maximum absolute atomic E-state index is 12.5. The molecule has 0 saturated carbocycles. The van der Waals surface area contributed by atoms with Crippen molar-refractivity contribution in [3.63, 3.8) is 0 Å². The predicted molar refractivity (Wildman–Crippen MR) is 48.3 cm³/mol. The highest BCUT2D eigenvalue weighted by atomic mass is 19.1. The van der Waals surface area contributed by atoms with Gasteiger partial charge in [0.15, 0.2) is 0 Å². The Labute approximate surface area is 72.4 Å². The Balaban J connectivity index is 2.89. The van der Waals surface area contributed by atoms with Crippen LogP contribution < -0.4 is 0 Å². The third-order valence-corrected chi connectivity index (χ3v) is 1.88. The second-order valence-corrected chi connectivity index (χ2v) is 2.68. The van der Waals surface area contributed by atoms with Gasteiger partial charge in [0, 0.05) is 5.92 Å². The molecule has 1 unspecified atom stereocenters. The number of rotatable bonds is 2. The van der Waals surface area contributed by atoms with Crippen molar-refractivity contribution in [2.75, 3.05) is 0 Å². The molecule has 0 amide bonds. The summed E-state index contributed by atoms with van der Waals surface area (Å²) in [5.74, 6) is 2.56. The molecule has 0 saturated heterocycles. The lowest BCUT2D eigenvalue weighted by Crippen LogP contribution is -1.92. The average molecular weight is 162 g/mol. The fourth-order valence-corrected chi connectivity index (χ4v) is 1.14. The summed E-state index contributed by atoms with van der Waals surface area (Å²) in [7, 11) is 0. The van der Waals surface area contributed by atoms with Crippen LogP contribution in [0, 0.1) is 18.2 Å². The molecule has 0 radical (unpaired) electrons. The molecule has 62 valence electrons. The van der Waals surface area contributed by atoms with Gasteiger partial charge in [0.25, 0.3) is 0 Å². The van der Waals surface area contributed by atoms with Crippen LogP contribution in [-0.2, 0) is 0 Å². The van der Waals surface area contributed by atoms with Gasteiger partial charge in [0.1, 0.15) is 5.82 Å². The normalized spacial score (nSPS) is 12.1. The minimum Gasteiger partial charge on any atom is -0.207 e. The van der Waals surface area contributed by atoms with Gasteiger partial charge in [-0.05, 0) is 24.1 Å². The quantitative estimate of drug-likeness (QED) is 0.586. The summed E-state index contributed by atoms with van der Waals surface area (Å²) in [6, 6.07) is 6.36. The van der Waals surface area contributed by atoms with E-state index >= 15 is 0 Å². The van der Waals surface area contributed by atoms with Crippen molar-refractivity contribution in [2.45, 2.75) is 19.3 Å². The number of hydrogen-bond acceptors (Lipinski definition) is 0. The minimum absolute atomic E-state index is 0.116. The van der Waals surface area contributed by atoms with Gasteiger partial charge in [-0.15, -0.1) is 6.42 Å². The van der Waals surface area contributed by atoms with Crippen LogP contribution in [0.3, 0.4) is 0 Å². The number of terminal acetylenes is 1. The van der Waals surface area contributed by atoms with Crippen molar-refractivity contribution in [3.8, 4) is 12.3 Å². The van der Waals surface area contributed by atoms with Gasteiger partial charge < -0.3 is 0 Å². The van der Waals surface area contributed by atoms with Gasteiger partial charge in [-0.25, -0.2) is 4.39 Å². The summed E-state index contributed by atoms with van der Waals surface area (Å²) in [5.41, 5.74) is 1.02. The number of hydrogen-bond donors (Lipinski definition) is 0. The van der Waals surface area contributed by atoms with Crippen LogP contribution in [0.5, 0.6) is 0 Å². The van der Waals surface area contributed by atoms with E-state index in [2.05, 4.69) is 5.92 Å². The van der Waals surface area contributed by atoms with Crippen LogP contribution >= 0.6 is 0 Å². The third-order valence-electron chi connectivity index (χ3n) is 1.88. The van der Waals surface area contributed by atoms with Crippen molar-refractivity contribution >= 4 is 0 Å². The van der Waals surface area contributed by atoms with Crippen molar-refractivity contribution < 1.29 is 4.39 Å². The van der Waals surface area contributed by atoms with Crippen LogP contribution in [0.15, 0.2) is 24.3 Å². The third kappa shape index (κ3) is 1.85. The van der Waals surface area contributed by atoms with Crippen LogP contribution in [0.1, 0.15) is 24.8 Å². The molecule has 0 N–H and O–H groups in total. The van der Waals surface area contributed by atoms with E-state index in [-0.39, 0.29) is 11.7 Å². The van der Waals surface area contributed by atoms with E-state index in [1.165, 1.54) is 12.1 Å². The Morgan fingerprint density at radius 2 is 2.00 bits per heavy atom. The Morgan fingerprint density at radius 3 is 2.42 bits per heavy atom. The molecule has 1 aromatic rings. The lowest BCUT2D eigenvalue weighted by Gasteiger charge is -2.06. The van der Waals surface area contributed by atoms with E-state index in [4.69, 9.17) is 6.42 Å². The van der Waals surface area contributed by atoms with E-state index in [1.54, 1.807) is 12.1 Å². The molecule has 1 heteroatoms. The first-order valence-electron chi connectivity index (χ1n) is 3.99. The average Bonchev–Trinajstić information content (AvgIpc) is 2.10. The highest BCUT2D eigenvalue weighted by Gasteiger charge is 2.04. The molecule has 0 aliphatic rings. The smallest absolute Gasteiger partial charge is 0.123 e. The first-order chi connectivity index (χ1) is 5.77. The van der Waals surface area contributed by atoms with Gasteiger partial charge in [0.05, 0.1) is 0 Å². The highest BCUT2D eigenvalue weighted by Crippen LogP contribution is 2.18. The molecule has 1 atom stereocenters. The van der Waals surface area contributed by atoms with Crippen LogP contribution in [0.4, 0.5) is 4.39 Å². The lowest BCUT2D eigenvalue weighted by atomic mass is 9.98. The van der Waals surface area contributed by atoms with E-state index in [0.29, 0.717) is 0 Å². The van der Waals surface area contributed by atoms with Gasteiger partial charge in [-0.1, -0.05) is 25.0 Å². The monoisotopic (exact) mass is 162 g/mol. The zero-order valence-electron chi connectivity index (χ0n) is 7.05. The van der Waals surface area contributed by atoms with E-state index in [9.17, 15) is 4.39 Å². The zero-order valence-corrected chi connectivity index (χ0v) is 7.05. The molecule has 0 spiro atoms. The molecule has 1 aromatic carbocycles. The van der Waals surface area contributed by atoms with E-state index in [1.807, 2.05) is 6.92 Å². The summed E-state index contributed by atoms with van der Waals surface area (Å²) in [6.45, 7) is 2.02. The molecular weight excluding hydrogens is 151 g/mol. The summed E-state index contributed by atoms with van der Waals surface area (Å²) >= 11 is 0. The van der Waals surface area contributed by atoms with Gasteiger partial charge in [-0.2, -0.15) is 0 Å². The minimum atomic E-state index is -0.217. The summed E-state index contributed by atoms with van der Waals surface area (Å²) in [4.78, 5) is 0. The Kier molecular flexibility index (Phi) is 2.88. The first-order valence-corrected chi connectivity index (χ1v) is 3.99. The molecule has 12 heavy (non-hydrogen) atoms. The second kappa shape index (κ2) is 3.92. The Morgan fingerprint density at radius 1 is 1.42 bits per heavy atom. The predicted octanol–water partition coefficient (Wildman–Crippen LogP) is 2.95. The summed E-state index contributed by atoms with van der Waals surface area (Å²) in [6.07, 6.45) is 6.20. The maximum Gasteiger partial charge on any atom is 0.123 e. The molecule has 0 heterocycles. The van der Waals surface area contributed by atoms with Crippen molar-refractivity contribution in [1.82, 2.24) is 0 Å². The molecule has 0 aliphatic heterocycles. The summed E-state index contributed by atoms with van der Waals surface area (Å²) < 4.78 is 12.5. The van der Waals surface area contributed by atoms with E-state index in [0.717, 1.165) is 12.0 Å². The lowest BCUT2D eigenvalue weighted by molar-refractivity contribution is 0.626. The standard InChI is InChI=1S/C11H11F/c1-3-9(4-2)10-5-7-11(12)8-6-10/h1,5-9H,4H2,2H3. The number of benzene rings is 1. The molecule has 1 rings (SSSR count). The maximum atomic E-state index is 12.5. The van der Waals surface area contributed by atoms with Crippen LogP contribution in [0.25, 0.3) is 0 Å². The fraction of sp³-hybridized carbons (Fsp3) is 0.273.